The Balaban J connectivity index is 2.48. The van der Waals surface area contributed by atoms with Crippen molar-refractivity contribution >= 4 is 16.1 Å². The van der Waals surface area contributed by atoms with Crippen molar-refractivity contribution < 1.29 is 22.1 Å². The number of hydrogen-bond acceptors (Lipinski definition) is 5. The fourth-order valence-electron chi connectivity index (χ4n) is 1.87. The fraction of sp³-hybridized carbons (Fsp3) is 0.909. The standard InChI is InChI=1S/C11H20O5S/c1-11(2,3)15-10(12)8-5-6-9(7-8)16-17(4,13)14/h8-9H,5-7H2,1-4H3/t8?,9-/m1/s1. The first-order chi connectivity index (χ1) is 7.57. The highest BCUT2D eigenvalue weighted by Gasteiger charge is 2.34. The molecule has 0 spiro atoms. The van der Waals surface area contributed by atoms with Crippen LogP contribution in [0.2, 0.25) is 0 Å². The number of carbonyl (C=O) groups is 1. The van der Waals surface area contributed by atoms with Crippen molar-refractivity contribution in [2.24, 2.45) is 5.92 Å². The van der Waals surface area contributed by atoms with E-state index in [9.17, 15) is 13.2 Å². The molecule has 100 valence electrons. The third-order valence-corrected chi connectivity index (χ3v) is 3.06. The van der Waals surface area contributed by atoms with Crippen LogP contribution in [0.25, 0.3) is 0 Å². The van der Waals surface area contributed by atoms with Crippen LogP contribution in [0.5, 0.6) is 0 Å². The van der Waals surface area contributed by atoms with Crippen LogP contribution < -0.4 is 0 Å². The predicted octanol–water partition coefficient (Wildman–Crippen LogP) is 1.47. The topological polar surface area (TPSA) is 69.7 Å². The highest BCUT2D eigenvalue weighted by Crippen LogP contribution is 2.30. The molecule has 0 aromatic rings. The van der Waals surface area contributed by atoms with Gasteiger partial charge >= 0.3 is 5.97 Å². The van der Waals surface area contributed by atoms with E-state index in [4.69, 9.17) is 8.92 Å². The van der Waals surface area contributed by atoms with Crippen LogP contribution in [-0.2, 0) is 23.8 Å². The fourth-order valence-corrected chi connectivity index (χ4v) is 2.54. The van der Waals surface area contributed by atoms with Crippen LogP contribution in [-0.4, -0.2) is 32.3 Å². The summed E-state index contributed by atoms with van der Waals surface area (Å²) in [6, 6.07) is 0. The van der Waals surface area contributed by atoms with Gasteiger partial charge in [-0.2, -0.15) is 8.42 Å². The maximum absolute atomic E-state index is 11.7. The first-order valence-electron chi connectivity index (χ1n) is 5.68. The average molecular weight is 264 g/mol. The lowest BCUT2D eigenvalue weighted by Gasteiger charge is -2.22. The number of esters is 1. The normalized spacial score (nSPS) is 25.9. The molecule has 0 saturated heterocycles. The molecule has 0 aromatic heterocycles. The monoisotopic (exact) mass is 264 g/mol. The molecule has 1 unspecified atom stereocenters. The Labute approximate surface area is 103 Å². The van der Waals surface area contributed by atoms with Gasteiger partial charge in [-0.05, 0) is 40.0 Å². The van der Waals surface area contributed by atoms with E-state index >= 15 is 0 Å². The van der Waals surface area contributed by atoms with Gasteiger partial charge in [-0.3, -0.25) is 8.98 Å². The van der Waals surface area contributed by atoms with Crippen molar-refractivity contribution in [2.75, 3.05) is 6.26 Å². The quantitative estimate of drug-likeness (QED) is 0.570. The van der Waals surface area contributed by atoms with Crippen LogP contribution in [0, 0.1) is 5.92 Å². The first kappa shape index (κ1) is 14.4. The number of carbonyl (C=O) groups excluding carboxylic acids is 1. The van der Waals surface area contributed by atoms with Crippen LogP contribution in [0.1, 0.15) is 40.0 Å². The highest BCUT2D eigenvalue weighted by molar-refractivity contribution is 7.86. The minimum atomic E-state index is -3.44. The molecular formula is C11H20O5S. The molecule has 0 aromatic carbocycles. The van der Waals surface area contributed by atoms with Gasteiger partial charge in [-0.15, -0.1) is 0 Å². The molecule has 17 heavy (non-hydrogen) atoms. The number of rotatable bonds is 3. The molecule has 0 aliphatic heterocycles. The molecule has 1 aliphatic rings. The van der Waals surface area contributed by atoms with Gasteiger partial charge in [0.15, 0.2) is 0 Å². The predicted molar refractivity (Wildman–Crippen MR) is 62.9 cm³/mol. The van der Waals surface area contributed by atoms with Gasteiger partial charge in [0.2, 0.25) is 0 Å². The Bertz CT molecular complexity index is 379. The molecule has 1 aliphatic carbocycles. The van der Waals surface area contributed by atoms with E-state index in [2.05, 4.69) is 0 Å². The maximum Gasteiger partial charge on any atom is 0.309 e. The van der Waals surface area contributed by atoms with Crippen molar-refractivity contribution in [3.63, 3.8) is 0 Å². The van der Waals surface area contributed by atoms with Crippen molar-refractivity contribution in [2.45, 2.75) is 51.7 Å². The Morgan fingerprint density at radius 1 is 1.24 bits per heavy atom. The van der Waals surface area contributed by atoms with Crippen LogP contribution in [0.15, 0.2) is 0 Å². The molecule has 1 saturated carbocycles. The molecule has 0 amide bonds. The minimum Gasteiger partial charge on any atom is -0.460 e. The zero-order valence-electron chi connectivity index (χ0n) is 10.7. The van der Waals surface area contributed by atoms with Crippen molar-refractivity contribution in [3.8, 4) is 0 Å². The van der Waals surface area contributed by atoms with E-state index in [0.717, 1.165) is 6.26 Å². The summed E-state index contributed by atoms with van der Waals surface area (Å²) in [5, 5.41) is 0. The van der Waals surface area contributed by atoms with Crippen molar-refractivity contribution in [3.05, 3.63) is 0 Å². The molecule has 1 rings (SSSR count). The van der Waals surface area contributed by atoms with E-state index in [1.165, 1.54) is 0 Å². The lowest BCUT2D eigenvalue weighted by Crippen LogP contribution is -2.28. The zero-order chi connectivity index (χ0) is 13.3. The molecular weight excluding hydrogens is 244 g/mol. The molecule has 1 fully saturated rings. The zero-order valence-corrected chi connectivity index (χ0v) is 11.5. The number of ether oxygens (including phenoxy) is 1. The van der Waals surface area contributed by atoms with Gasteiger partial charge in [0.25, 0.3) is 10.1 Å². The van der Waals surface area contributed by atoms with Gasteiger partial charge in [0.05, 0.1) is 18.3 Å². The van der Waals surface area contributed by atoms with Gasteiger partial charge in [-0.25, -0.2) is 0 Å². The second-order valence-corrected chi connectivity index (χ2v) is 7.07. The minimum absolute atomic E-state index is 0.249. The summed E-state index contributed by atoms with van der Waals surface area (Å²) in [5.74, 6) is -0.516. The Morgan fingerprint density at radius 2 is 1.82 bits per heavy atom. The summed E-state index contributed by atoms with van der Waals surface area (Å²) in [4.78, 5) is 11.7. The largest absolute Gasteiger partial charge is 0.460 e. The summed E-state index contributed by atoms with van der Waals surface area (Å²) in [6.07, 6.45) is 2.25. The van der Waals surface area contributed by atoms with Crippen LogP contribution >= 0.6 is 0 Å². The average Bonchev–Trinajstić information content (AvgIpc) is 2.45. The smallest absolute Gasteiger partial charge is 0.309 e. The van der Waals surface area contributed by atoms with Crippen LogP contribution in [0.3, 0.4) is 0 Å². The van der Waals surface area contributed by atoms with Crippen LogP contribution in [0.4, 0.5) is 0 Å². The third kappa shape index (κ3) is 5.50. The molecule has 2 atom stereocenters. The lowest BCUT2D eigenvalue weighted by atomic mass is 10.1. The first-order valence-corrected chi connectivity index (χ1v) is 7.49. The van der Waals surface area contributed by atoms with E-state index in [0.29, 0.717) is 19.3 Å². The van der Waals surface area contributed by atoms with E-state index in [-0.39, 0.29) is 18.0 Å². The molecule has 0 radical (unpaired) electrons. The maximum atomic E-state index is 11.7. The van der Waals surface area contributed by atoms with Crippen molar-refractivity contribution in [1.29, 1.82) is 0 Å². The summed E-state index contributed by atoms with van der Waals surface area (Å²) in [7, 11) is -3.44. The van der Waals surface area contributed by atoms with Gasteiger partial charge in [0.1, 0.15) is 5.60 Å². The Kier molecular flexibility index (Phi) is 4.19. The summed E-state index contributed by atoms with van der Waals surface area (Å²) in [5.41, 5.74) is -0.507. The summed E-state index contributed by atoms with van der Waals surface area (Å²) in [6.45, 7) is 5.43. The van der Waals surface area contributed by atoms with Gasteiger partial charge in [-0.1, -0.05) is 0 Å². The van der Waals surface area contributed by atoms with Gasteiger partial charge < -0.3 is 4.74 Å². The molecule has 5 nitrogen and oxygen atoms in total. The highest BCUT2D eigenvalue weighted by atomic mass is 32.2. The summed E-state index contributed by atoms with van der Waals surface area (Å²) >= 11 is 0. The Hall–Kier alpha value is -0.620. The Morgan fingerprint density at radius 3 is 2.29 bits per heavy atom. The van der Waals surface area contributed by atoms with Gasteiger partial charge in [0, 0.05) is 0 Å². The molecule has 0 N–H and O–H groups in total. The third-order valence-electron chi connectivity index (χ3n) is 2.44. The number of hydrogen-bond donors (Lipinski definition) is 0. The lowest BCUT2D eigenvalue weighted by molar-refractivity contribution is -0.159. The van der Waals surface area contributed by atoms with E-state index in [1.807, 2.05) is 20.8 Å². The SMILES string of the molecule is CC(C)(C)OC(=O)C1CC[C@@H](OS(C)(=O)=O)C1. The second kappa shape index (κ2) is 4.94. The van der Waals surface area contributed by atoms with E-state index < -0.39 is 15.7 Å². The van der Waals surface area contributed by atoms with E-state index in [1.54, 1.807) is 0 Å². The molecule has 0 bridgehead atoms. The molecule has 0 heterocycles. The second-order valence-electron chi connectivity index (χ2n) is 5.47. The summed E-state index contributed by atoms with van der Waals surface area (Å²) < 4.78 is 32.0. The molecule has 6 heteroatoms. The van der Waals surface area contributed by atoms with Crippen molar-refractivity contribution in [1.82, 2.24) is 0 Å².